The molecule has 4 amide bonds. The fourth-order valence-electron chi connectivity index (χ4n) is 8.51. The molecule has 3 fully saturated rings. The Kier molecular flexibility index (Phi) is 8.08. The summed E-state index contributed by atoms with van der Waals surface area (Å²) in [5.74, 6) is -7.03. The van der Waals surface area contributed by atoms with E-state index < -0.39 is 69.0 Å². The van der Waals surface area contributed by atoms with Crippen LogP contribution in [0.4, 0.5) is 22.7 Å². The molecule has 266 valence electrons. The predicted molar refractivity (Wildman–Crippen MR) is 188 cm³/mol. The first-order valence-corrected chi connectivity index (χ1v) is 17.0. The van der Waals surface area contributed by atoms with Crippen LogP contribution in [0.5, 0.6) is 11.5 Å². The van der Waals surface area contributed by atoms with Gasteiger partial charge < -0.3 is 9.84 Å². The van der Waals surface area contributed by atoms with Gasteiger partial charge in [-0.05, 0) is 54.7 Å². The van der Waals surface area contributed by atoms with Crippen molar-refractivity contribution in [2.45, 2.75) is 25.4 Å². The first-order chi connectivity index (χ1) is 25.5. The summed E-state index contributed by atoms with van der Waals surface area (Å²) in [4.78, 5) is 80.1. The number of phenolic OH excluding ortho intramolecular Hbond substituents is 1. The van der Waals surface area contributed by atoms with Gasteiger partial charge in [0.15, 0.2) is 0 Å². The summed E-state index contributed by atoms with van der Waals surface area (Å²) in [6.45, 7) is 0.239. The van der Waals surface area contributed by atoms with Crippen LogP contribution in [-0.2, 0) is 25.8 Å². The third kappa shape index (κ3) is 5.50. The van der Waals surface area contributed by atoms with E-state index in [1.54, 1.807) is 12.1 Å². The Morgan fingerprint density at radius 3 is 1.81 bits per heavy atom. The summed E-state index contributed by atoms with van der Waals surface area (Å²) < 4.78 is 5.93. The van der Waals surface area contributed by atoms with Crippen LogP contribution in [0.15, 0.2) is 109 Å². The van der Waals surface area contributed by atoms with Gasteiger partial charge in [0.2, 0.25) is 23.6 Å². The van der Waals surface area contributed by atoms with Crippen LogP contribution >= 0.6 is 0 Å². The van der Waals surface area contributed by atoms with E-state index >= 15 is 0 Å². The fourth-order valence-corrected chi connectivity index (χ4v) is 8.51. The van der Waals surface area contributed by atoms with E-state index in [4.69, 9.17) is 4.74 Å². The van der Waals surface area contributed by atoms with Crippen molar-refractivity contribution in [2.75, 3.05) is 9.80 Å². The number of phenols is 1. The van der Waals surface area contributed by atoms with Crippen molar-refractivity contribution in [3.8, 4) is 11.5 Å². The maximum Gasteiger partial charge on any atom is 0.269 e. The smallest absolute Gasteiger partial charge is 0.269 e. The van der Waals surface area contributed by atoms with Gasteiger partial charge in [-0.3, -0.25) is 49.2 Å². The molecule has 8 rings (SSSR count). The number of fused-ring (bicyclic) bond motifs is 4. The number of allylic oxidation sites excluding steroid dienone is 2. The molecule has 2 heterocycles. The van der Waals surface area contributed by atoms with Crippen LogP contribution in [0.3, 0.4) is 0 Å². The second-order valence-corrected chi connectivity index (χ2v) is 13.6. The van der Waals surface area contributed by atoms with Gasteiger partial charge in [0.1, 0.15) is 18.1 Å². The molecule has 0 spiro atoms. The molecule has 14 heteroatoms. The molecule has 1 saturated carbocycles. The van der Waals surface area contributed by atoms with E-state index in [9.17, 15) is 44.5 Å². The van der Waals surface area contributed by atoms with Crippen LogP contribution in [0.25, 0.3) is 0 Å². The van der Waals surface area contributed by atoms with Gasteiger partial charge in [0, 0.05) is 41.8 Å². The number of carbonyl (C=O) groups is 4. The summed E-state index contributed by atoms with van der Waals surface area (Å²) in [5, 5.41) is 34.1. The van der Waals surface area contributed by atoms with Crippen molar-refractivity contribution in [1.29, 1.82) is 0 Å². The normalized spacial score (nSPS) is 24.7. The molecule has 4 aromatic carbocycles. The lowest BCUT2D eigenvalue weighted by Gasteiger charge is -2.44. The highest BCUT2D eigenvalue weighted by molar-refractivity contribution is 6.24. The minimum absolute atomic E-state index is 0.0639. The van der Waals surface area contributed by atoms with Crippen molar-refractivity contribution in [2.24, 2.45) is 29.6 Å². The molecule has 0 aromatic heterocycles. The predicted octanol–water partition coefficient (Wildman–Crippen LogP) is 5.83. The summed E-state index contributed by atoms with van der Waals surface area (Å²) in [6.07, 6.45) is 2.06. The molecule has 14 nitrogen and oxygen atoms in total. The van der Waals surface area contributed by atoms with Gasteiger partial charge >= 0.3 is 0 Å². The minimum atomic E-state index is -0.989. The average molecular weight is 715 g/mol. The second-order valence-electron chi connectivity index (χ2n) is 13.6. The third-order valence-corrected chi connectivity index (χ3v) is 10.9. The Morgan fingerprint density at radius 2 is 1.25 bits per heavy atom. The number of nitro benzene ring substituents is 2. The SMILES string of the molecule is O=C1[C@H]2[C@H](CC=C3[C@H]2C[C@H]2C(=O)N(c4ccc([N+](=O)[O-])cc4)C(=O)[C@H]2[C@H]3c2ccc(OCc3ccccc3)cc2O)C(=O)N1c1ccc([N+](=O)[O-])cc1. The maximum absolute atomic E-state index is 14.4. The Morgan fingerprint density at radius 1 is 0.679 bits per heavy atom. The Balaban J connectivity index is 1.18. The molecule has 4 aromatic rings. The molecular formula is C39H30N4O10. The number of nitro groups is 2. The molecule has 53 heavy (non-hydrogen) atoms. The van der Waals surface area contributed by atoms with E-state index in [1.807, 2.05) is 36.4 Å². The summed E-state index contributed by atoms with van der Waals surface area (Å²) in [5.41, 5.74) is 1.83. The third-order valence-electron chi connectivity index (χ3n) is 10.9. The largest absolute Gasteiger partial charge is 0.508 e. The number of benzene rings is 4. The van der Waals surface area contributed by atoms with Gasteiger partial charge in [-0.2, -0.15) is 0 Å². The number of non-ortho nitro benzene ring substituents is 2. The van der Waals surface area contributed by atoms with Crippen LogP contribution in [-0.4, -0.2) is 38.6 Å². The lowest BCUT2D eigenvalue weighted by Crippen LogP contribution is -2.43. The van der Waals surface area contributed by atoms with Gasteiger partial charge in [-0.1, -0.05) is 48.0 Å². The van der Waals surface area contributed by atoms with E-state index in [0.717, 1.165) is 15.4 Å². The Labute approximate surface area is 301 Å². The molecule has 0 radical (unpaired) electrons. The van der Waals surface area contributed by atoms with E-state index in [1.165, 1.54) is 54.6 Å². The van der Waals surface area contributed by atoms with E-state index in [-0.39, 0.29) is 47.9 Å². The number of carbonyl (C=O) groups excluding carboxylic acids is 4. The van der Waals surface area contributed by atoms with Gasteiger partial charge in [-0.25, -0.2) is 0 Å². The number of hydrogen-bond donors (Lipinski definition) is 1. The zero-order valence-corrected chi connectivity index (χ0v) is 27.8. The second kappa shape index (κ2) is 12.8. The summed E-state index contributed by atoms with van der Waals surface area (Å²) in [7, 11) is 0. The highest BCUT2D eigenvalue weighted by atomic mass is 16.6. The highest BCUT2D eigenvalue weighted by Gasteiger charge is 2.62. The fraction of sp³-hybridized carbons (Fsp3) is 0.231. The Hall–Kier alpha value is -6.70. The van der Waals surface area contributed by atoms with Crippen molar-refractivity contribution in [1.82, 2.24) is 0 Å². The van der Waals surface area contributed by atoms with Crippen molar-refractivity contribution < 1.29 is 38.9 Å². The number of aromatic hydroxyl groups is 1. The summed E-state index contributed by atoms with van der Waals surface area (Å²) in [6, 6.07) is 24.4. The highest BCUT2D eigenvalue weighted by Crippen LogP contribution is 2.59. The molecule has 2 aliphatic carbocycles. The number of imide groups is 2. The van der Waals surface area contributed by atoms with E-state index in [2.05, 4.69) is 0 Å². The van der Waals surface area contributed by atoms with Crippen LogP contribution in [0.1, 0.15) is 29.9 Å². The number of ether oxygens (including phenoxy) is 1. The first-order valence-electron chi connectivity index (χ1n) is 17.0. The number of nitrogens with zero attached hydrogens (tertiary/aromatic N) is 4. The summed E-state index contributed by atoms with van der Waals surface area (Å²) >= 11 is 0. The molecule has 0 bridgehead atoms. The quantitative estimate of drug-likeness (QED) is 0.101. The molecular weight excluding hydrogens is 684 g/mol. The molecule has 1 N–H and O–H groups in total. The van der Waals surface area contributed by atoms with E-state index in [0.29, 0.717) is 16.9 Å². The average Bonchev–Trinajstić information content (AvgIpc) is 3.57. The van der Waals surface area contributed by atoms with Gasteiger partial charge in [-0.15, -0.1) is 0 Å². The first kappa shape index (κ1) is 33.4. The molecule has 4 aliphatic rings. The number of amides is 4. The molecule has 2 aliphatic heterocycles. The van der Waals surface area contributed by atoms with Crippen molar-refractivity contribution >= 4 is 46.4 Å². The topological polar surface area (TPSA) is 190 Å². The van der Waals surface area contributed by atoms with Crippen molar-refractivity contribution in [3.63, 3.8) is 0 Å². The zero-order chi connectivity index (χ0) is 37.1. The molecule has 2 saturated heterocycles. The number of hydrogen-bond acceptors (Lipinski definition) is 10. The molecule has 0 unspecified atom stereocenters. The van der Waals surface area contributed by atoms with Crippen LogP contribution in [0, 0.1) is 49.8 Å². The monoisotopic (exact) mass is 714 g/mol. The van der Waals surface area contributed by atoms with Crippen LogP contribution < -0.4 is 14.5 Å². The zero-order valence-electron chi connectivity index (χ0n) is 27.8. The number of rotatable bonds is 8. The molecule has 6 atom stereocenters. The standard InChI is InChI=1S/C39H30N4O10/c44-32-18-26(53-20-21-4-2-1-3-5-21)14-15-28(32)33-27-16-17-29-34(38(47)40(36(29)45)22-6-10-24(11-7-22)42(49)50)30(27)19-31-35(33)39(48)41(37(31)46)23-8-12-25(13-9-23)43(51)52/h1-16,18,29-31,33-35,44H,17,19-20H2/t29-,30+,31+,33+,34-,35+/m0/s1. The Bertz CT molecular complexity index is 2240. The van der Waals surface area contributed by atoms with Gasteiger partial charge in [0.05, 0.1) is 44.9 Å². The van der Waals surface area contributed by atoms with Crippen molar-refractivity contribution in [3.05, 3.63) is 140 Å². The maximum atomic E-state index is 14.4. The lowest BCUT2D eigenvalue weighted by molar-refractivity contribution is -0.385. The number of anilines is 2. The lowest BCUT2D eigenvalue weighted by atomic mass is 9.57. The minimum Gasteiger partial charge on any atom is -0.508 e. The van der Waals surface area contributed by atoms with Crippen LogP contribution in [0.2, 0.25) is 0 Å². The van der Waals surface area contributed by atoms with Gasteiger partial charge in [0.25, 0.3) is 11.4 Å².